The van der Waals surface area contributed by atoms with E-state index < -0.39 is 51.2 Å². The third-order valence-corrected chi connectivity index (χ3v) is 9.95. The first-order valence-electron chi connectivity index (χ1n) is 14.2. The molecule has 1 amide bonds. The molecule has 3 aromatic carbocycles. The van der Waals surface area contributed by atoms with Crippen LogP contribution in [0.3, 0.4) is 0 Å². The van der Waals surface area contributed by atoms with Crippen molar-refractivity contribution in [3.63, 3.8) is 0 Å². The van der Waals surface area contributed by atoms with Crippen LogP contribution in [0.2, 0.25) is 10.0 Å². The minimum absolute atomic E-state index is 0.110. The van der Waals surface area contributed by atoms with Crippen LogP contribution in [-0.2, 0) is 11.2 Å². The van der Waals surface area contributed by atoms with E-state index in [1.54, 1.807) is 0 Å². The number of hydrogen-bond acceptors (Lipinski definition) is 6. The van der Waals surface area contributed by atoms with Crippen molar-refractivity contribution >= 4 is 38.0 Å². The van der Waals surface area contributed by atoms with Crippen molar-refractivity contribution in [3.05, 3.63) is 87.4 Å². The summed E-state index contributed by atoms with van der Waals surface area (Å²) in [5.74, 6) is -1.02. The molecule has 0 spiro atoms. The molecule has 0 fully saturated rings. The summed E-state index contributed by atoms with van der Waals surface area (Å²) in [6.45, 7) is 2.25. The number of carbonyl (C=O) groups is 1. The molecular weight excluding hydrogens is 679 g/mol. The Kier molecular flexibility index (Phi) is 10.5. The third kappa shape index (κ3) is 10.6. The monoisotopic (exact) mass is 714 g/mol. The standard InChI is InChI=1S/C33H36Cl2F4N4O3S/c1-32(2,36)17-29(31(44)42-24(19-41)15-23-7-6-20(18-40)14-27(23)34)43-30(33(37,38)39)22-10-8-21(9-11-22)26-13-12-25(16-28(26)35)47(3,4,5,45)46/h6-14,16,24,29-30,43,45-46H,15,17H2,1-5H3,(H,42,44)/t24?,29-,30-/m0/s1. The summed E-state index contributed by atoms with van der Waals surface area (Å²) in [5.41, 5.74) is -0.764. The van der Waals surface area contributed by atoms with Crippen molar-refractivity contribution in [2.75, 3.05) is 18.8 Å². The Morgan fingerprint density at radius 2 is 1.55 bits per heavy atom. The summed E-state index contributed by atoms with van der Waals surface area (Å²) >= 11 is 12.6. The van der Waals surface area contributed by atoms with Crippen molar-refractivity contribution in [1.82, 2.24) is 10.6 Å². The highest BCUT2D eigenvalue weighted by Gasteiger charge is 2.44. The maximum Gasteiger partial charge on any atom is 0.407 e. The molecule has 0 bridgehead atoms. The average Bonchev–Trinajstić information content (AvgIpc) is 2.93. The van der Waals surface area contributed by atoms with E-state index in [0.29, 0.717) is 16.7 Å². The van der Waals surface area contributed by atoms with Crippen LogP contribution in [0.1, 0.15) is 43.0 Å². The molecule has 1 unspecified atom stereocenters. The van der Waals surface area contributed by atoms with Crippen LogP contribution in [0, 0.1) is 22.7 Å². The molecule has 0 aromatic heterocycles. The molecule has 0 radical (unpaired) electrons. The lowest BCUT2D eigenvalue weighted by Crippen LogP contribution is -2.53. The molecule has 4 N–H and O–H groups in total. The summed E-state index contributed by atoms with van der Waals surface area (Å²) < 4.78 is 79.9. The van der Waals surface area contributed by atoms with E-state index in [9.17, 15) is 36.7 Å². The van der Waals surface area contributed by atoms with Gasteiger partial charge in [-0.1, -0.05) is 59.6 Å². The summed E-state index contributed by atoms with van der Waals surface area (Å²) in [5, 5.41) is 23.7. The lowest BCUT2D eigenvalue weighted by atomic mass is 9.96. The number of amides is 1. The van der Waals surface area contributed by atoms with Gasteiger partial charge in [-0.25, -0.2) is 4.39 Å². The van der Waals surface area contributed by atoms with Gasteiger partial charge in [0.15, 0.2) is 0 Å². The van der Waals surface area contributed by atoms with Crippen LogP contribution in [-0.4, -0.2) is 57.7 Å². The Morgan fingerprint density at radius 3 is 2.02 bits per heavy atom. The Hall–Kier alpha value is -3.36. The predicted molar refractivity (Wildman–Crippen MR) is 179 cm³/mol. The second-order valence-electron chi connectivity index (χ2n) is 13.4. The quantitative estimate of drug-likeness (QED) is 0.147. The predicted octanol–water partition coefficient (Wildman–Crippen LogP) is 8.55. The van der Waals surface area contributed by atoms with Crippen molar-refractivity contribution < 1.29 is 31.5 Å². The van der Waals surface area contributed by atoms with Gasteiger partial charge in [0.25, 0.3) is 0 Å². The molecule has 3 rings (SSSR count). The summed E-state index contributed by atoms with van der Waals surface area (Å²) in [6.07, 6.45) is -1.73. The van der Waals surface area contributed by atoms with Gasteiger partial charge in [0.1, 0.15) is 17.8 Å². The van der Waals surface area contributed by atoms with Gasteiger partial charge in [-0.05, 0) is 54.8 Å². The highest BCUT2D eigenvalue weighted by Crippen LogP contribution is 2.80. The van der Waals surface area contributed by atoms with E-state index in [1.165, 1.54) is 79.4 Å². The zero-order valence-electron chi connectivity index (χ0n) is 26.3. The van der Waals surface area contributed by atoms with Crippen molar-refractivity contribution in [1.29, 1.82) is 10.5 Å². The Morgan fingerprint density at radius 1 is 0.936 bits per heavy atom. The second-order valence-corrected chi connectivity index (χ2v) is 21.1. The molecule has 3 atom stereocenters. The average molecular weight is 716 g/mol. The molecule has 254 valence electrons. The molecule has 0 heterocycles. The lowest BCUT2D eigenvalue weighted by Gasteiger charge is -2.70. The van der Waals surface area contributed by atoms with Gasteiger partial charge in [-0.2, -0.15) is 23.7 Å². The Bertz CT molecular complexity index is 1730. The summed E-state index contributed by atoms with van der Waals surface area (Å²) in [7, 11) is -4.54. The fraction of sp³-hybridized carbons (Fsp3) is 0.364. The van der Waals surface area contributed by atoms with Crippen LogP contribution < -0.4 is 10.6 Å². The highest BCUT2D eigenvalue weighted by molar-refractivity contribution is 8.55. The number of nitrogens with zero attached hydrogens (tertiary/aromatic N) is 2. The van der Waals surface area contributed by atoms with Crippen LogP contribution in [0.25, 0.3) is 11.1 Å². The molecule has 3 aromatic rings. The Labute approximate surface area is 280 Å². The van der Waals surface area contributed by atoms with Gasteiger partial charge in [0, 0.05) is 47.1 Å². The zero-order chi connectivity index (χ0) is 35.7. The minimum Gasteiger partial charge on any atom is -0.339 e. The fourth-order valence-corrected chi connectivity index (χ4v) is 6.56. The molecule has 0 saturated heterocycles. The molecule has 47 heavy (non-hydrogen) atoms. The van der Waals surface area contributed by atoms with E-state index in [2.05, 4.69) is 10.6 Å². The molecular formula is C33H36Cl2F4N4O3S. The van der Waals surface area contributed by atoms with Gasteiger partial charge >= 0.3 is 6.18 Å². The third-order valence-electron chi connectivity index (χ3n) is 7.19. The van der Waals surface area contributed by atoms with Crippen molar-refractivity contribution in [3.8, 4) is 23.3 Å². The smallest absolute Gasteiger partial charge is 0.339 e. The fourth-order valence-electron chi connectivity index (χ4n) is 4.78. The van der Waals surface area contributed by atoms with Gasteiger partial charge in [0.05, 0.1) is 28.8 Å². The SMILES string of the molecule is CC(C)(F)C[C@H](N[C@@H](c1ccc(-c2ccc(S(C)(C)(C)(O)O)cc2Cl)cc1)C(F)(F)F)C(=O)NC(C#N)Cc1ccc(C#N)cc1Cl. The first-order chi connectivity index (χ1) is 21.3. The number of alkyl halides is 4. The molecule has 0 saturated carbocycles. The topological polar surface area (TPSA) is 129 Å². The van der Waals surface area contributed by atoms with E-state index in [1.807, 2.05) is 12.1 Å². The van der Waals surface area contributed by atoms with Gasteiger partial charge in [0.2, 0.25) is 5.91 Å². The molecule has 7 nitrogen and oxygen atoms in total. The largest absolute Gasteiger partial charge is 0.407 e. The number of nitrogens with one attached hydrogen (secondary N) is 2. The zero-order valence-corrected chi connectivity index (χ0v) is 28.6. The Balaban J connectivity index is 1.90. The maximum atomic E-state index is 14.8. The number of benzene rings is 3. The maximum absolute atomic E-state index is 14.8. The highest BCUT2D eigenvalue weighted by atomic mass is 35.5. The second kappa shape index (κ2) is 12.9. The number of nitriles is 2. The van der Waals surface area contributed by atoms with Gasteiger partial charge in [-0.3, -0.25) is 19.0 Å². The summed E-state index contributed by atoms with van der Waals surface area (Å²) in [6, 6.07) is 12.5. The number of hydrogen-bond donors (Lipinski definition) is 4. The number of halogens is 6. The molecule has 14 heteroatoms. The molecule has 0 aliphatic heterocycles. The van der Waals surface area contributed by atoms with E-state index in [-0.39, 0.29) is 32.5 Å². The van der Waals surface area contributed by atoms with Crippen LogP contribution in [0.5, 0.6) is 0 Å². The first-order valence-corrected chi connectivity index (χ1v) is 18.5. The number of rotatable bonds is 11. The van der Waals surface area contributed by atoms with Crippen LogP contribution in [0.15, 0.2) is 65.6 Å². The van der Waals surface area contributed by atoms with E-state index in [0.717, 1.165) is 13.8 Å². The minimum atomic E-state index is -4.91. The first kappa shape index (κ1) is 38.1. The van der Waals surface area contributed by atoms with E-state index in [4.69, 9.17) is 28.5 Å². The molecule has 0 aliphatic rings. The van der Waals surface area contributed by atoms with Crippen molar-refractivity contribution in [2.45, 2.75) is 61.6 Å². The van der Waals surface area contributed by atoms with Gasteiger partial charge in [-0.15, -0.1) is 0 Å². The summed E-state index contributed by atoms with van der Waals surface area (Å²) in [4.78, 5) is 13.5. The normalized spacial score (nSPS) is 15.7. The van der Waals surface area contributed by atoms with Crippen LogP contribution >= 0.6 is 32.1 Å². The molecule has 0 aliphatic carbocycles. The number of carbonyl (C=O) groups excluding carboxylic acids is 1. The van der Waals surface area contributed by atoms with E-state index >= 15 is 0 Å². The lowest BCUT2D eigenvalue weighted by molar-refractivity contribution is -0.161. The van der Waals surface area contributed by atoms with Crippen molar-refractivity contribution in [2.24, 2.45) is 0 Å². The van der Waals surface area contributed by atoms with Crippen LogP contribution in [0.4, 0.5) is 17.6 Å². The van der Waals surface area contributed by atoms with Gasteiger partial charge < -0.3 is 14.4 Å².